The zero-order valence-electron chi connectivity index (χ0n) is 15.9. The van der Waals surface area contributed by atoms with Gasteiger partial charge in [0, 0.05) is 33.4 Å². The minimum Gasteiger partial charge on any atom is -0.293 e. The maximum absolute atomic E-state index is 13.5. The number of nitrogens with two attached hydrogens (primary N) is 1. The van der Waals surface area contributed by atoms with Crippen LogP contribution in [-0.2, 0) is 0 Å². The highest BCUT2D eigenvalue weighted by molar-refractivity contribution is 7.99. The van der Waals surface area contributed by atoms with E-state index in [0.717, 1.165) is 22.4 Å². The third-order valence-corrected chi connectivity index (χ3v) is 6.35. The number of pyridine rings is 1. The molecular weight excluding hydrogens is 402 g/mol. The van der Waals surface area contributed by atoms with Crippen LogP contribution in [0, 0.1) is 16.2 Å². The normalized spacial score (nSPS) is 19.1. The molecule has 0 spiro atoms. The highest BCUT2D eigenvalue weighted by atomic mass is 32.2. The molecule has 0 saturated carbocycles. The van der Waals surface area contributed by atoms with Crippen LogP contribution in [0.1, 0.15) is 6.17 Å². The predicted molar refractivity (Wildman–Crippen MR) is 114 cm³/mol. The molecule has 4 heterocycles. The van der Waals surface area contributed by atoms with Crippen molar-refractivity contribution >= 4 is 28.5 Å². The van der Waals surface area contributed by atoms with Gasteiger partial charge in [-0.15, -0.1) is 0 Å². The number of aromatic amines is 1. The molecule has 0 aliphatic carbocycles. The Kier molecular flexibility index (Phi) is 4.42. The first-order valence-electron chi connectivity index (χ1n) is 9.49. The topological polar surface area (TPSA) is 124 Å². The molecule has 3 aromatic rings. The molecule has 1 saturated heterocycles. The van der Waals surface area contributed by atoms with E-state index in [4.69, 9.17) is 5.73 Å². The molecule has 5 rings (SSSR count). The second-order valence-corrected chi connectivity index (χ2v) is 8.34. The molecular formula is C20H18N7O2S+. The number of rotatable bonds is 2. The van der Waals surface area contributed by atoms with Crippen molar-refractivity contribution in [2.75, 3.05) is 24.6 Å². The molecule has 3 N–H and O–H groups in total. The van der Waals surface area contributed by atoms with Crippen LogP contribution in [0.3, 0.4) is 0 Å². The van der Waals surface area contributed by atoms with Crippen LogP contribution in [0.5, 0.6) is 0 Å². The Morgan fingerprint density at radius 3 is 2.83 bits per heavy atom. The summed E-state index contributed by atoms with van der Waals surface area (Å²) in [6, 6.07) is 11.4. The van der Waals surface area contributed by atoms with E-state index in [1.54, 1.807) is 18.0 Å². The van der Waals surface area contributed by atoms with Gasteiger partial charge in [0.15, 0.2) is 11.7 Å². The van der Waals surface area contributed by atoms with Crippen molar-refractivity contribution in [2.45, 2.75) is 6.17 Å². The van der Waals surface area contributed by atoms with Gasteiger partial charge < -0.3 is 0 Å². The highest BCUT2D eigenvalue weighted by Crippen LogP contribution is 2.38. The fourth-order valence-electron chi connectivity index (χ4n) is 3.97. The number of aromatic nitrogens is 3. The third-order valence-electron chi connectivity index (χ3n) is 5.41. The summed E-state index contributed by atoms with van der Waals surface area (Å²) in [6.45, 7) is 1.27. The zero-order chi connectivity index (χ0) is 20.8. The first-order valence-corrected chi connectivity index (χ1v) is 10.6. The van der Waals surface area contributed by atoms with Gasteiger partial charge in [0.25, 0.3) is 11.4 Å². The van der Waals surface area contributed by atoms with E-state index >= 15 is 0 Å². The molecule has 0 bridgehead atoms. The van der Waals surface area contributed by atoms with Crippen molar-refractivity contribution in [3.05, 3.63) is 63.2 Å². The number of nitriles is 1. The standard InChI is InChI=1S/C20H17N7O2S/c21-10-14-17(22)26-20(27(29)19(14)25-5-7-30-8-6-25)16(18(28)24-26)13-9-12-3-1-2-4-15(12)23-11-13/h1-4,9,11,17H,5-8,22H2/p+1. The van der Waals surface area contributed by atoms with E-state index in [1.807, 2.05) is 35.2 Å². The molecule has 1 unspecified atom stereocenters. The van der Waals surface area contributed by atoms with Gasteiger partial charge >= 0.3 is 5.82 Å². The molecule has 9 nitrogen and oxygen atoms in total. The lowest BCUT2D eigenvalue weighted by Gasteiger charge is -2.28. The van der Waals surface area contributed by atoms with E-state index in [-0.39, 0.29) is 22.8 Å². The van der Waals surface area contributed by atoms with Gasteiger partial charge in [-0.1, -0.05) is 23.1 Å². The lowest BCUT2D eigenvalue weighted by Crippen LogP contribution is -2.41. The summed E-state index contributed by atoms with van der Waals surface area (Å²) in [4.78, 5) is 32.7. The molecule has 1 aromatic carbocycles. The number of benzene rings is 1. The summed E-state index contributed by atoms with van der Waals surface area (Å²) in [5, 5.41) is 13.2. The van der Waals surface area contributed by atoms with Crippen LogP contribution in [0.2, 0.25) is 0 Å². The second-order valence-electron chi connectivity index (χ2n) is 7.11. The van der Waals surface area contributed by atoms with Crippen LogP contribution in [-0.4, -0.2) is 49.0 Å². The number of nitroso groups, excluding NO2 is 1. The monoisotopic (exact) mass is 420 g/mol. The summed E-state index contributed by atoms with van der Waals surface area (Å²) < 4.78 is 1.95. The Balaban J connectivity index is 1.70. The van der Waals surface area contributed by atoms with Gasteiger partial charge in [-0.3, -0.25) is 20.4 Å². The fraction of sp³-hybridized carbons (Fsp3) is 0.250. The molecule has 2 aliphatic rings. The quantitative estimate of drug-likeness (QED) is 0.608. The molecule has 2 aliphatic heterocycles. The van der Waals surface area contributed by atoms with E-state index in [1.165, 1.54) is 4.68 Å². The van der Waals surface area contributed by atoms with E-state index in [2.05, 4.69) is 16.2 Å². The lowest BCUT2D eigenvalue weighted by molar-refractivity contribution is -0.441. The second kappa shape index (κ2) is 7.12. The molecule has 1 atom stereocenters. The smallest absolute Gasteiger partial charge is 0.293 e. The first kappa shape index (κ1) is 18.6. The van der Waals surface area contributed by atoms with Crippen molar-refractivity contribution in [3.63, 3.8) is 0 Å². The summed E-state index contributed by atoms with van der Waals surface area (Å²) >= 11 is 1.80. The van der Waals surface area contributed by atoms with Crippen LogP contribution < -0.4 is 11.3 Å². The molecule has 30 heavy (non-hydrogen) atoms. The maximum Gasteiger partial charge on any atom is 0.305 e. The van der Waals surface area contributed by atoms with Crippen molar-refractivity contribution in [2.24, 2.45) is 5.73 Å². The molecule has 0 radical (unpaired) electrons. The van der Waals surface area contributed by atoms with Crippen molar-refractivity contribution < 1.29 is 4.76 Å². The molecule has 2 aromatic heterocycles. The van der Waals surface area contributed by atoms with Crippen LogP contribution >= 0.6 is 11.8 Å². The number of thioether (sulfide) groups is 1. The fourth-order valence-corrected chi connectivity index (χ4v) is 4.87. The Labute approximate surface area is 175 Å². The van der Waals surface area contributed by atoms with Gasteiger partial charge in [-0.2, -0.15) is 21.7 Å². The molecule has 1 fully saturated rings. The van der Waals surface area contributed by atoms with Crippen LogP contribution in [0.4, 0.5) is 5.82 Å². The minimum atomic E-state index is -0.949. The minimum absolute atomic E-state index is 0.0943. The largest absolute Gasteiger partial charge is 0.305 e. The average Bonchev–Trinajstić information content (AvgIpc) is 3.14. The molecule has 10 heteroatoms. The zero-order valence-corrected chi connectivity index (χ0v) is 16.7. The first-order chi connectivity index (χ1) is 14.6. The average molecular weight is 420 g/mol. The number of nitrogens with zero attached hydrogens (tertiary/aromatic N) is 5. The van der Waals surface area contributed by atoms with Gasteiger partial charge in [0.1, 0.15) is 11.6 Å². The summed E-state index contributed by atoms with van der Waals surface area (Å²) in [5.41, 5.74) is 7.50. The Morgan fingerprint density at radius 1 is 1.30 bits per heavy atom. The Morgan fingerprint density at radius 2 is 2.07 bits per heavy atom. The predicted octanol–water partition coefficient (Wildman–Crippen LogP) is 2.06. The van der Waals surface area contributed by atoms with Crippen LogP contribution in [0.25, 0.3) is 22.0 Å². The highest BCUT2D eigenvalue weighted by Gasteiger charge is 2.44. The van der Waals surface area contributed by atoms with Gasteiger partial charge in [-0.25, -0.2) is 5.10 Å². The summed E-state index contributed by atoms with van der Waals surface area (Å²) in [7, 11) is 0. The van der Waals surface area contributed by atoms with Gasteiger partial charge in [0.05, 0.1) is 18.6 Å². The number of H-pyrrole nitrogens is 1. The molecule has 0 amide bonds. The summed E-state index contributed by atoms with van der Waals surface area (Å²) in [5.74, 6) is 2.02. The number of hydrogen-bond acceptors (Lipinski definition) is 7. The number of nitrogens with one attached hydrogen (secondary N) is 1. The van der Waals surface area contributed by atoms with E-state index in [9.17, 15) is 15.0 Å². The third kappa shape index (κ3) is 2.74. The summed E-state index contributed by atoms with van der Waals surface area (Å²) in [6.07, 6.45) is 0.628. The Bertz CT molecular complexity index is 1310. The molecule has 150 valence electrons. The van der Waals surface area contributed by atoms with Gasteiger partial charge in [0.2, 0.25) is 0 Å². The van der Waals surface area contributed by atoms with Crippen molar-refractivity contribution in [3.8, 4) is 17.2 Å². The number of fused-ring (bicyclic) bond motifs is 2. The van der Waals surface area contributed by atoms with Crippen molar-refractivity contribution in [1.29, 1.82) is 5.26 Å². The Hall–Kier alpha value is -3.42. The SMILES string of the molecule is N#CC1=C(N2CCSCC2)[N+](=O)c2c(-c3cnc4ccccc4c3)c(=O)[nH]n2C1N. The van der Waals surface area contributed by atoms with E-state index < -0.39 is 11.7 Å². The van der Waals surface area contributed by atoms with Crippen molar-refractivity contribution in [1.82, 2.24) is 19.7 Å². The van der Waals surface area contributed by atoms with Crippen LogP contribution in [0.15, 0.2) is 52.7 Å². The van der Waals surface area contributed by atoms with E-state index in [0.29, 0.717) is 23.4 Å². The maximum atomic E-state index is 13.5. The number of hydrogen-bond donors (Lipinski definition) is 2. The van der Waals surface area contributed by atoms with Gasteiger partial charge in [-0.05, 0) is 12.1 Å². The lowest BCUT2D eigenvalue weighted by atomic mass is 10.1. The number of para-hydroxylation sites is 1.